The second-order valence-electron chi connectivity index (χ2n) is 4.44. The van der Waals surface area contributed by atoms with Crippen LogP contribution in [0, 0.1) is 0 Å². The van der Waals surface area contributed by atoms with Gasteiger partial charge in [-0.1, -0.05) is 12.1 Å². The SMILES string of the molecule is CCNC(=O)N(Cc1cccc(N)c1)C1CC1. The number of hydrogen-bond donors (Lipinski definition) is 2. The number of amides is 2. The highest BCUT2D eigenvalue weighted by molar-refractivity contribution is 5.74. The van der Waals surface area contributed by atoms with E-state index in [1.54, 1.807) is 0 Å². The molecular formula is C13H19N3O. The lowest BCUT2D eigenvalue weighted by Gasteiger charge is -2.22. The van der Waals surface area contributed by atoms with Gasteiger partial charge in [0.25, 0.3) is 0 Å². The molecule has 4 heteroatoms. The summed E-state index contributed by atoms with van der Waals surface area (Å²) in [6.45, 7) is 3.24. The molecule has 2 rings (SSSR count). The van der Waals surface area contributed by atoms with Gasteiger partial charge in [0.05, 0.1) is 0 Å². The van der Waals surface area contributed by atoms with E-state index in [1.165, 1.54) is 0 Å². The Hall–Kier alpha value is -1.71. The minimum absolute atomic E-state index is 0.0254. The van der Waals surface area contributed by atoms with Crippen molar-refractivity contribution in [1.82, 2.24) is 10.2 Å². The molecule has 1 aliphatic carbocycles. The van der Waals surface area contributed by atoms with Crippen LogP contribution in [0.3, 0.4) is 0 Å². The summed E-state index contributed by atoms with van der Waals surface area (Å²) in [5.74, 6) is 0. The smallest absolute Gasteiger partial charge is 0.317 e. The highest BCUT2D eigenvalue weighted by Gasteiger charge is 2.32. The molecule has 1 aliphatic rings. The Labute approximate surface area is 102 Å². The van der Waals surface area contributed by atoms with Gasteiger partial charge in [-0.25, -0.2) is 4.79 Å². The molecule has 1 aromatic carbocycles. The van der Waals surface area contributed by atoms with E-state index in [9.17, 15) is 4.79 Å². The summed E-state index contributed by atoms with van der Waals surface area (Å²) >= 11 is 0. The molecule has 0 saturated heterocycles. The van der Waals surface area contributed by atoms with E-state index in [2.05, 4.69) is 5.32 Å². The van der Waals surface area contributed by atoms with Crippen molar-refractivity contribution in [3.8, 4) is 0 Å². The van der Waals surface area contributed by atoms with E-state index < -0.39 is 0 Å². The van der Waals surface area contributed by atoms with Crippen molar-refractivity contribution < 1.29 is 4.79 Å². The number of carbonyl (C=O) groups excluding carboxylic acids is 1. The van der Waals surface area contributed by atoms with Crippen molar-refractivity contribution in [3.63, 3.8) is 0 Å². The van der Waals surface area contributed by atoms with E-state index in [0.29, 0.717) is 19.1 Å². The van der Waals surface area contributed by atoms with Gasteiger partial charge in [0, 0.05) is 24.8 Å². The number of carbonyl (C=O) groups is 1. The van der Waals surface area contributed by atoms with Gasteiger partial charge in [-0.2, -0.15) is 0 Å². The zero-order valence-corrected chi connectivity index (χ0v) is 10.1. The Kier molecular flexibility index (Phi) is 3.52. The monoisotopic (exact) mass is 233 g/mol. The zero-order chi connectivity index (χ0) is 12.3. The molecule has 0 heterocycles. The Morgan fingerprint density at radius 2 is 2.29 bits per heavy atom. The highest BCUT2D eigenvalue weighted by atomic mass is 16.2. The quantitative estimate of drug-likeness (QED) is 0.781. The van der Waals surface area contributed by atoms with Crippen LogP contribution in [0.2, 0.25) is 0 Å². The van der Waals surface area contributed by atoms with Crippen LogP contribution in [-0.4, -0.2) is 23.5 Å². The molecule has 2 amide bonds. The number of urea groups is 1. The van der Waals surface area contributed by atoms with Gasteiger partial charge in [0.2, 0.25) is 0 Å². The number of nitrogens with zero attached hydrogens (tertiary/aromatic N) is 1. The standard InChI is InChI=1S/C13H19N3O/c1-2-15-13(17)16(12-6-7-12)9-10-4-3-5-11(14)8-10/h3-5,8,12H,2,6-7,9,14H2,1H3,(H,15,17). The summed E-state index contributed by atoms with van der Waals surface area (Å²) < 4.78 is 0. The third kappa shape index (κ3) is 3.12. The van der Waals surface area contributed by atoms with Crippen LogP contribution >= 0.6 is 0 Å². The van der Waals surface area contributed by atoms with Crippen LogP contribution < -0.4 is 11.1 Å². The van der Waals surface area contributed by atoms with Gasteiger partial charge in [-0.05, 0) is 37.5 Å². The first-order valence-corrected chi connectivity index (χ1v) is 6.09. The third-order valence-corrected chi connectivity index (χ3v) is 2.88. The maximum absolute atomic E-state index is 11.9. The fraction of sp³-hybridized carbons (Fsp3) is 0.462. The fourth-order valence-corrected chi connectivity index (χ4v) is 1.89. The van der Waals surface area contributed by atoms with E-state index in [1.807, 2.05) is 36.1 Å². The molecule has 1 saturated carbocycles. The van der Waals surface area contributed by atoms with E-state index in [-0.39, 0.29) is 6.03 Å². The van der Waals surface area contributed by atoms with Crippen LogP contribution in [0.25, 0.3) is 0 Å². The Bertz CT molecular complexity index is 401. The molecule has 0 aliphatic heterocycles. The van der Waals surface area contributed by atoms with Crippen molar-refractivity contribution >= 4 is 11.7 Å². The summed E-state index contributed by atoms with van der Waals surface area (Å²) in [4.78, 5) is 13.8. The van der Waals surface area contributed by atoms with Crippen LogP contribution in [0.15, 0.2) is 24.3 Å². The van der Waals surface area contributed by atoms with Crippen molar-refractivity contribution in [2.24, 2.45) is 0 Å². The molecular weight excluding hydrogens is 214 g/mol. The molecule has 0 bridgehead atoms. The van der Waals surface area contributed by atoms with Crippen LogP contribution in [0.1, 0.15) is 25.3 Å². The zero-order valence-electron chi connectivity index (χ0n) is 10.1. The molecule has 4 nitrogen and oxygen atoms in total. The molecule has 1 aromatic rings. The summed E-state index contributed by atoms with van der Waals surface area (Å²) in [5.41, 5.74) is 7.57. The number of rotatable bonds is 4. The minimum Gasteiger partial charge on any atom is -0.399 e. The maximum atomic E-state index is 11.9. The number of anilines is 1. The maximum Gasteiger partial charge on any atom is 0.317 e. The Balaban J connectivity index is 2.05. The highest BCUT2D eigenvalue weighted by Crippen LogP contribution is 2.28. The summed E-state index contributed by atoms with van der Waals surface area (Å²) in [5, 5.41) is 2.86. The van der Waals surface area contributed by atoms with E-state index in [0.717, 1.165) is 24.1 Å². The molecule has 0 aromatic heterocycles. The van der Waals surface area contributed by atoms with Crippen molar-refractivity contribution in [3.05, 3.63) is 29.8 Å². The van der Waals surface area contributed by atoms with E-state index in [4.69, 9.17) is 5.73 Å². The number of nitrogens with two attached hydrogens (primary N) is 1. The molecule has 1 fully saturated rings. The average Bonchev–Trinajstić information content (AvgIpc) is 3.10. The molecule has 0 radical (unpaired) electrons. The lowest BCUT2D eigenvalue weighted by molar-refractivity contribution is 0.192. The molecule has 3 N–H and O–H groups in total. The fourth-order valence-electron chi connectivity index (χ4n) is 1.89. The number of nitrogen functional groups attached to an aromatic ring is 1. The predicted octanol–water partition coefficient (Wildman–Crippen LogP) is 1.96. The van der Waals surface area contributed by atoms with Gasteiger partial charge in [-0.15, -0.1) is 0 Å². The molecule has 92 valence electrons. The summed E-state index contributed by atoms with van der Waals surface area (Å²) in [7, 11) is 0. The number of hydrogen-bond acceptors (Lipinski definition) is 2. The Morgan fingerprint density at radius 3 is 2.88 bits per heavy atom. The molecule has 0 unspecified atom stereocenters. The largest absolute Gasteiger partial charge is 0.399 e. The lowest BCUT2D eigenvalue weighted by Crippen LogP contribution is -2.40. The predicted molar refractivity (Wildman–Crippen MR) is 68.5 cm³/mol. The second-order valence-corrected chi connectivity index (χ2v) is 4.44. The van der Waals surface area contributed by atoms with Crippen molar-refractivity contribution in [2.75, 3.05) is 12.3 Å². The molecule has 17 heavy (non-hydrogen) atoms. The summed E-state index contributed by atoms with van der Waals surface area (Å²) in [6, 6.07) is 8.14. The summed E-state index contributed by atoms with van der Waals surface area (Å²) in [6.07, 6.45) is 2.22. The van der Waals surface area contributed by atoms with Crippen LogP contribution in [0.5, 0.6) is 0 Å². The number of nitrogens with one attached hydrogen (secondary N) is 1. The molecule has 0 atom stereocenters. The third-order valence-electron chi connectivity index (χ3n) is 2.88. The van der Waals surface area contributed by atoms with Crippen molar-refractivity contribution in [2.45, 2.75) is 32.4 Å². The first-order valence-electron chi connectivity index (χ1n) is 6.09. The topological polar surface area (TPSA) is 58.4 Å². The van der Waals surface area contributed by atoms with Gasteiger partial charge in [0.15, 0.2) is 0 Å². The average molecular weight is 233 g/mol. The van der Waals surface area contributed by atoms with Gasteiger partial charge < -0.3 is 16.0 Å². The van der Waals surface area contributed by atoms with Crippen molar-refractivity contribution in [1.29, 1.82) is 0 Å². The Morgan fingerprint density at radius 1 is 1.53 bits per heavy atom. The van der Waals surface area contributed by atoms with E-state index >= 15 is 0 Å². The lowest BCUT2D eigenvalue weighted by atomic mass is 10.2. The van der Waals surface area contributed by atoms with Gasteiger partial charge >= 0.3 is 6.03 Å². The minimum atomic E-state index is 0.0254. The second kappa shape index (κ2) is 5.08. The van der Waals surface area contributed by atoms with Gasteiger partial charge in [-0.3, -0.25) is 0 Å². The molecule has 0 spiro atoms. The van der Waals surface area contributed by atoms with Crippen LogP contribution in [0.4, 0.5) is 10.5 Å². The van der Waals surface area contributed by atoms with Gasteiger partial charge in [0.1, 0.15) is 0 Å². The normalized spacial score (nSPS) is 14.4. The first-order chi connectivity index (χ1) is 8.20. The number of benzene rings is 1. The van der Waals surface area contributed by atoms with Crippen LogP contribution in [-0.2, 0) is 6.54 Å². The first kappa shape index (κ1) is 11.8.